The molecule has 0 amide bonds. The zero-order valence-electron chi connectivity index (χ0n) is 5.89. The summed E-state index contributed by atoms with van der Waals surface area (Å²) in [6.07, 6.45) is 1.64. The molecule has 0 aliphatic rings. The van der Waals surface area contributed by atoms with Crippen LogP contribution >= 0.6 is 0 Å². The van der Waals surface area contributed by atoms with Gasteiger partial charge in [-0.05, 0) is 19.5 Å². The van der Waals surface area contributed by atoms with Crippen LogP contribution in [0.25, 0.3) is 0 Å². The molecule has 0 fully saturated rings. The van der Waals surface area contributed by atoms with Crippen LogP contribution in [0, 0.1) is 0 Å². The lowest BCUT2D eigenvalue weighted by atomic mass is 10.3. The van der Waals surface area contributed by atoms with Crippen molar-refractivity contribution in [1.29, 1.82) is 0 Å². The van der Waals surface area contributed by atoms with E-state index >= 15 is 0 Å². The third-order valence-corrected chi connectivity index (χ3v) is 1.05. The molecule has 0 aromatic rings. The smallest absolute Gasteiger partial charge is 0.0739 e. The monoisotopic (exact) mass is 130 g/mol. The molecule has 0 saturated heterocycles. The lowest BCUT2D eigenvalue weighted by Crippen LogP contribution is -2.32. The van der Waals surface area contributed by atoms with Gasteiger partial charge in [-0.15, -0.1) is 0 Å². The highest BCUT2D eigenvalue weighted by atomic mass is 16.3. The highest BCUT2D eigenvalue weighted by Gasteiger charge is 1.91. The van der Waals surface area contributed by atoms with E-state index in [2.05, 4.69) is 5.32 Å². The minimum absolute atomic E-state index is 0.0787. The SMILES string of the molecule is CNC(N)/C=C(/C)CO. The first-order chi connectivity index (χ1) is 4.20. The maximum absolute atomic E-state index is 8.53. The third kappa shape index (κ3) is 4.14. The molecule has 4 N–H and O–H groups in total. The first kappa shape index (κ1) is 8.62. The van der Waals surface area contributed by atoms with Gasteiger partial charge in [0.15, 0.2) is 0 Å². The molecule has 0 spiro atoms. The van der Waals surface area contributed by atoms with E-state index in [0.29, 0.717) is 0 Å². The number of nitrogens with two attached hydrogens (primary N) is 1. The molecule has 1 atom stereocenters. The van der Waals surface area contributed by atoms with Gasteiger partial charge in [0.2, 0.25) is 0 Å². The molecular weight excluding hydrogens is 116 g/mol. The first-order valence-corrected chi connectivity index (χ1v) is 2.91. The van der Waals surface area contributed by atoms with Crippen molar-refractivity contribution in [3.63, 3.8) is 0 Å². The molecule has 0 aliphatic carbocycles. The molecule has 1 unspecified atom stereocenters. The summed E-state index contributed by atoms with van der Waals surface area (Å²) >= 11 is 0. The summed E-state index contributed by atoms with van der Waals surface area (Å²) in [5.41, 5.74) is 6.34. The van der Waals surface area contributed by atoms with Crippen molar-refractivity contribution in [2.45, 2.75) is 13.1 Å². The number of nitrogens with one attached hydrogen (secondary N) is 1. The molecule has 0 bridgehead atoms. The van der Waals surface area contributed by atoms with E-state index in [9.17, 15) is 0 Å². The van der Waals surface area contributed by atoms with Crippen molar-refractivity contribution < 1.29 is 5.11 Å². The van der Waals surface area contributed by atoms with E-state index in [0.717, 1.165) is 5.57 Å². The zero-order chi connectivity index (χ0) is 7.28. The fourth-order valence-corrected chi connectivity index (χ4v) is 0.443. The molecule has 3 nitrogen and oxygen atoms in total. The van der Waals surface area contributed by atoms with E-state index in [1.807, 2.05) is 6.92 Å². The molecule has 0 aromatic heterocycles. The van der Waals surface area contributed by atoms with Gasteiger partial charge in [0.1, 0.15) is 0 Å². The summed E-state index contributed by atoms with van der Waals surface area (Å²) in [4.78, 5) is 0. The molecule has 0 saturated carbocycles. The van der Waals surface area contributed by atoms with Gasteiger partial charge in [0.05, 0.1) is 12.8 Å². The topological polar surface area (TPSA) is 58.3 Å². The summed E-state index contributed by atoms with van der Waals surface area (Å²) in [5.74, 6) is 0. The average Bonchev–Trinajstić information content (AvgIpc) is 1.87. The number of hydrogen-bond donors (Lipinski definition) is 3. The molecule has 3 heteroatoms. The molecule has 0 heterocycles. The molecule has 0 rings (SSSR count). The van der Waals surface area contributed by atoms with Crippen molar-refractivity contribution in [3.05, 3.63) is 11.6 Å². The zero-order valence-corrected chi connectivity index (χ0v) is 5.89. The van der Waals surface area contributed by atoms with Crippen LogP contribution in [0.15, 0.2) is 11.6 Å². The summed E-state index contributed by atoms with van der Waals surface area (Å²) < 4.78 is 0. The predicted octanol–water partition coefficient (Wildman–Crippen LogP) is -0.571. The Bertz CT molecular complexity index is 101. The molecule has 0 radical (unpaired) electrons. The highest BCUT2D eigenvalue weighted by Crippen LogP contribution is 1.88. The molecule has 0 aliphatic heterocycles. The Hall–Kier alpha value is -0.380. The second-order valence-electron chi connectivity index (χ2n) is 1.99. The van der Waals surface area contributed by atoms with Crippen molar-refractivity contribution in [2.75, 3.05) is 13.7 Å². The van der Waals surface area contributed by atoms with Crippen molar-refractivity contribution in [3.8, 4) is 0 Å². The lowest BCUT2D eigenvalue weighted by Gasteiger charge is -2.04. The van der Waals surface area contributed by atoms with E-state index in [1.54, 1.807) is 13.1 Å². The number of hydrogen-bond acceptors (Lipinski definition) is 3. The molecule has 0 aromatic carbocycles. The van der Waals surface area contributed by atoms with Crippen LogP contribution in [0.4, 0.5) is 0 Å². The van der Waals surface area contributed by atoms with Crippen molar-refractivity contribution >= 4 is 0 Å². The van der Waals surface area contributed by atoms with E-state index in [-0.39, 0.29) is 12.8 Å². The fourth-order valence-electron chi connectivity index (χ4n) is 0.443. The normalized spacial score (nSPS) is 15.8. The minimum atomic E-state index is -0.142. The van der Waals surface area contributed by atoms with E-state index in [4.69, 9.17) is 10.8 Å². The van der Waals surface area contributed by atoms with Gasteiger partial charge in [0.25, 0.3) is 0 Å². The molecular formula is C6H14N2O. The highest BCUT2D eigenvalue weighted by molar-refractivity contribution is 5.01. The standard InChI is InChI=1S/C6H14N2O/c1-5(4-9)3-6(7)8-2/h3,6,8-9H,4,7H2,1-2H3/b5-3-. The number of aliphatic hydroxyl groups excluding tert-OH is 1. The summed E-state index contributed by atoms with van der Waals surface area (Å²) in [6.45, 7) is 1.91. The van der Waals surface area contributed by atoms with Gasteiger partial charge < -0.3 is 16.2 Å². The van der Waals surface area contributed by atoms with Crippen LogP contribution in [-0.2, 0) is 0 Å². The van der Waals surface area contributed by atoms with Gasteiger partial charge in [0, 0.05) is 0 Å². The fraction of sp³-hybridized carbons (Fsp3) is 0.667. The van der Waals surface area contributed by atoms with E-state index in [1.165, 1.54) is 0 Å². The van der Waals surface area contributed by atoms with Gasteiger partial charge in [-0.3, -0.25) is 0 Å². The van der Waals surface area contributed by atoms with Gasteiger partial charge in [-0.1, -0.05) is 6.08 Å². The first-order valence-electron chi connectivity index (χ1n) is 2.91. The number of rotatable bonds is 3. The maximum Gasteiger partial charge on any atom is 0.0739 e. The average molecular weight is 130 g/mol. The van der Waals surface area contributed by atoms with Crippen LogP contribution < -0.4 is 11.1 Å². The Kier molecular flexibility index (Phi) is 4.30. The van der Waals surface area contributed by atoms with Gasteiger partial charge in [-0.2, -0.15) is 0 Å². The third-order valence-electron chi connectivity index (χ3n) is 1.05. The van der Waals surface area contributed by atoms with Crippen molar-refractivity contribution in [2.24, 2.45) is 5.73 Å². The van der Waals surface area contributed by atoms with Crippen molar-refractivity contribution in [1.82, 2.24) is 5.32 Å². The Morgan fingerprint density at radius 2 is 2.44 bits per heavy atom. The van der Waals surface area contributed by atoms with Crippen LogP contribution in [0.3, 0.4) is 0 Å². The Balaban J connectivity index is 3.64. The quantitative estimate of drug-likeness (QED) is 0.354. The molecule has 9 heavy (non-hydrogen) atoms. The summed E-state index contributed by atoms with van der Waals surface area (Å²) in [7, 11) is 1.77. The Labute approximate surface area is 55.6 Å². The van der Waals surface area contributed by atoms with Crippen LogP contribution in [0.2, 0.25) is 0 Å². The van der Waals surface area contributed by atoms with Crippen LogP contribution in [0.5, 0.6) is 0 Å². The lowest BCUT2D eigenvalue weighted by molar-refractivity contribution is 0.330. The Morgan fingerprint density at radius 1 is 1.89 bits per heavy atom. The van der Waals surface area contributed by atoms with Gasteiger partial charge >= 0.3 is 0 Å². The second-order valence-corrected chi connectivity index (χ2v) is 1.99. The van der Waals surface area contributed by atoms with Gasteiger partial charge in [-0.25, -0.2) is 0 Å². The largest absolute Gasteiger partial charge is 0.392 e. The van der Waals surface area contributed by atoms with Crippen LogP contribution in [-0.4, -0.2) is 24.9 Å². The summed E-state index contributed by atoms with van der Waals surface area (Å²) in [5, 5.41) is 11.3. The minimum Gasteiger partial charge on any atom is -0.392 e. The summed E-state index contributed by atoms with van der Waals surface area (Å²) in [6, 6.07) is 0. The second kappa shape index (κ2) is 4.49. The van der Waals surface area contributed by atoms with Crippen LogP contribution in [0.1, 0.15) is 6.92 Å². The predicted molar refractivity (Wildman–Crippen MR) is 37.9 cm³/mol. The Morgan fingerprint density at radius 3 is 2.78 bits per heavy atom. The number of likely N-dealkylation sites (N-methyl/N-ethyl adjacent to an activating group) is 1. The van der Waals surface area contributed by atoms with E-state index < -0.39 is 0 Å². The number of aliphatic hydroxyl groups is 1. The maximum atomic E-state index is 8.53. The molecule has 54 valence electrons.